The summed E-state index contributed by atoms with van der Waals surface area (Å²) in [4.78, 5) is 2.37. The molecule has 1 aliphatic heterocycles. The molecule has 0 aromatic heterocycles. The first-order valence-electron chi connectivity index (χ1n) is 7.03. The van der Waals surface area contributed by atoms with Gasteiger partial charge in [-0.25, -0.2) is 0 Å². The lowest BCUT2D eigenvalue weighted by molar-refractivity contribution is 0.115. The summed E-state index contributed by atoms with van der Waals surface area (Å²) in [5, 5.41) is 0. The summed E-state index contributed by atoms with van der Waals surface area (Å²) in [5.41, 5.74) is 8.32. The van der Waals surface area contributed by atoms with Crippen LogP contribution in [0.15, 0.2) is 22.7 Å². The Kier molecular flexibility index (Phi) is 5.25. The summed E-state index contributed by atoms with van der Waals surface area (Å²) >= 11 is 3.62. The van der Waals surface area contributed by atoms with Crippen molar-refractivity contribution in [1.29, 1.82) is 0 Å². The fourth-order valence-corrected chi connectivity index (χ4v) is 3.26. The lowest BCUT2D eigenvalue weighted by atomic mass is 10.1. The molecule has 0 amide bonds. The third-order valence-electron chi connectivity index (χ3n) is 3.67. The van der Waals surface area contributed by atoms with Crippen LogP contribution in [0.3, 0.4) is 0 Å². The molecule has 0 spiro atoms. The lowest BCUT2D eigenvalue weighted by Crippen LogP contribution is -2.32. The standard InChI is InChI=1S/C15H23BrN2O/c1-3-18(10-13-5-4-8-19-13)12-6-7-14(11(2)17)15(16)9-12/h6-7,9,11,13H,3-5,8,10,17H2,1-2H3/t11-,13?/m1/s1. The normalized spacial score (nSPS) is 20.5. The average molecular weight is 327 g/mol. The number of nitrogens with two attached hydrogens (primary N) is 1. The van der Waals surface area contributed by atoms with E-state index in [0.29, 0.717) is 6.10 Å². The molecule has 2 atom stereocenters. The second-order valence-electron chi connectivity index (χ2n) is 5.17. The first-order chi connectivity index (χ1) is 9.11. The van der Waals surface area contributed by atoms with E-state index in [4.69, 9.17) is 10.5 Å². The van der Waals surface area contributed by atoms with Crippen molar-refractivity contribution in [3.63, 3.8) is 0 Å². The molecule has 2 rings (SSSR count). The zero-order valence-corrected chi connectivity index (χ0v) is 13.3. The van der Waals surface area contributed by atoms with E-state index in [1.807, 2.05) is 6.92 Å². The summed E-state index contributed by atoms with van der Waals surface area (Å²) in [6, 6.07) is 6.48. The van der Waals surface area contributed by atoms with Gasteiger partial charge in [0, 0.05) is 35.9 Å². The fourth-order valence-electron chi connectivity index (χ4n) is 2.53. The molecule has 1 saturated heterocycles. The molecule has 2 N–H and O–H groups in total. The van der Waals surface area contributed by atoms with E-state index in [-0.39, 0.29) is 6.04 Å². The molecular weight excluding hydrogens is 304 g/mol. The topological polar surface area (TPSA) is 38.5 Å². The zero-order valence-electron chi connectivity index (χ0n) is 11.7. The highest BCUT2D eigenvalue weighted by atomic mass is 79.9. The van der Waals surface area contributed by atoms with Crippen LogP contribution in [0.4, 0.5) is 5.69 Å². The molecule has 106 valence electrons. The largest absolute Gasteiger partial charge is 0.376 e. The minimum Gasteiger partial charge on any atom is -0.376 e. The van der Waals surface area contributed by atoms with Gasteiger partial charge in [0.25, 0.3) is 0 Å². The van der Waals surface area contributed by atoms with E-state index in [2.05, 4.69) is 46.0 Å². The number of anilines is 1. The third-order valence-corrected chi connectivity index (χ3v) is 4.36. The van der Waals surface area contributed by atoms with Gasteiger partial charge in [-0.3, -0.25) is 0 Å². The van der Waals surface area contributed by atoms with Gasteiger partial charge in [0.1, 0.15) is 0 Å². The SMILES string of the molecule is CCN(CC1CCCO1)c1ccc([C@@H](C)N)c(Br)c1. The number of rotatable bonds is 5. The first kappa shape index (κ1) is 14.8. The quantitative estimate of drug-likeness (QED) is 0.900. The van der Waals surface area contributed by atoms with Crippen LogP contribution < -0.4 is 10.6 Å². The Morgan fingerprint density at radius 1 is 1.53 bits per heavy atom. The van der Waals surface area contributed by atoms with Crippen molar-refractivity contribution in [2.24, 2.45) is 5.73 Å². The Balaban J connectivity index is 2.11. The van der Waals surface area contributed by atoms with E-state index in [9.17, 15) is 0 Å². The maximum Gasteiger partial charge on any atom is 0.0750 e. The molecule has 0 saturated carbocycles. The molecule has 1 unspecified atom stereocenters. The minimum absolute atomic E-state index is 0.0525. The fraction of sp³-hybridized carbons (Fsp3) is 0.600. The molecule has 4 heteroatoms. The number of likely N-dealkylation sites (N-methyl/N-ethyl adjacent to an activating group) is 1. The van der Waals surface area contributed by atoms with Gasteiger partial charge in [-0.15, -0.1) is 0 Å². The monoisotopic (exact) mass is 326 g/mol. The molecule has 0 bridgehead atoms. The molecule has 0 radical (unpaired) electrons. The molecule has 0 aliphatic carbocycles. The Hall–Kier alpha value is -0.580. The Morgan fingerprint density at radius 3 is 2.84 bits per heavy atom. The van der Waals surface area contributed by atoms with Gasteiger partial charge in [0.05, 0.1) is 6.10 Å². The van der Waals surface area contributed by atoms with Crippen LogP contribution in [-0.4, -0.2) is 25.8 Å². The van der Waals surface area contributed by atoms with Crippen molar-refractivity contribution >= 4 is 21.6 Å². The highest BCUT2D eigenvalue weighted by Crippen LogP contribution is 2.28. The van der Waals surface area contributed by atoms with Gasteiger partial charge in [-0.05, 0) is 44.4 Å². The molecule has 1 aromatic carbocycles. The van der Waals surface area contributed by atoms with Crippen LogP contribution in [0.2, 0.25) is 0 Å². The molecular formula is C15H23BrN2O. The number of nitrogens with zero attached hydrogens (tertiary/aromatic N) is 1. The summed E-state index contributed by atoms with van der Waals surface area (Å²) in [6.07, 6.45) is 2.75. The van der Waals surface area contributed by atoms with Crippen molar-refractivity contribution in [3.8, 4) is 0 Å². The number of hydrogen-bond acceptors (Lipinski definition) is 3. The number of benzene rings is 1. The van der Waals surface area contributed by atoms with Crippen LogP contribution >= 0.6 is 15.9 Å². The summed E-state index contributed by atoms with van der Waals surface area (Å²) in [6.45, 7) is 7.06. The lowest BCUT2D eigenvalue weighted by Gasteiger charge is -2.27. The van der Waals surface area contributed by atoms with E-state index < -0.39 is 0 Å². The van der Waals surface area contributed by atoms with Crippen molar-refractivity contribution in [2.75, 3.05) is 24.6 Å². The third kappa shape index (κ3) is 3.71. The zero-order chi connectivity index (χ0) is 13.8. The summed E-state index contributed by atoms with van der Waals surface area (Å²) in [7, 11) is 0. The van der Waals surface area contributed by atoms with Crippen LogP contribution in [0, 0.1) is 0 Å². The predicted molar refractivity (Wildman–Crippen MR) is 83.6 cm³/mol. The van der Waals surface area contributed by atoms with Crippen molar-refractivity contribution < 1.29 is 4.74 Å². The summed E-state index contributed by atoms with van der Waals surface area (Å²) in [5.74, 6) is 0. The molecule has 1 aliphatic rings. The minimum atomic E-state index is 0.0525. The average Bonchev–Trinajstić information content (AvgIpc) is 2.88. The summed E-state index contributed by atoms with van der Waals surface area (Å²) < 4.78 is 6.81. The van der Waals surface area contributed by atoms with Gasteiger partial charge in [0.15, 0.2) is 0 Å². The number of ether oxygens (including phenoxy) is 1. The van der Waals surface area contributed by atoms with Gasteiger partial charge < -0.3 is 15.4 Å². The Labute approximate surface area is 124 Å². The van der Waals surface area contributed by atoms with Crippen LogP contribution in [0.5, 0.6) is 0 Å². The van der Waals surface area contributed by atoms with E-state index >= 15 is 0 Å². The second kappa shape index (κ2) is 6.73. The molecule has 19 heavy (non-hydrogen) atoms. The van der Waals surface area contributed by atoms with Gasteiger partial charge >= 0.3 is 0 Å². The molecule has 1 fully saturated rings. The highest BCUT2D eigenvalue weighted by Gasteiger charge is 2.19. The van der Waals surface area contributed by atoms with Gasteiger partial charge in [-0.1, -0.05) is 22.0 Å². The van der Waals surface area contributed by atoms with Gasteiger partial charge in [0.2, 0.25) is 0 Å². The van der Waals surface area contributed by atoms with Crippen LogP contribution in [-0.2, 0) is 4.74 Å². The van der Waals surface area contributed by atoms with Gasteiger partial charge in [-0.2, -0.15) is 0 Å². The highest BCUT2D eigenvalue weighted by molar-refractivity contribution is 9.10. The van der Waals surface area contributed by atoms with Crippen molar-refractivity contribution in [3.05, 3.63) is 28.2 Å². The Morgan fingerprint density at radius 2 is 2.32 bits per heavy atom. The molecule has 3 nitrogen and oxygen atoms in total. The number of halogens is 1. The van der Waals surface area contributed by atoms with Crippen molar-refractivity contribution in [2.45, 2.75) is 38.8 Å². The predicted octanol–water partition coefficient (Wildman–Crippen LogP) is 3.47. The van der Waals surface area contributed by atoms with E-state index in [0.717, 1.165) is 29.7 Å². The molecule has 1 aromatic rings. The smallest absolute Gasteiger partial charge is 0.0750 e. The Bertz CT molecular complexity index is 417. The number of hydrogen-bond donors (Lipinski definition) is 1. The maximum absolute atomic E-state index is 5.94. The van der Waals surface area contributed by atoms with E-state index in [1.165, 1.54) is 18.5 Å². The first-order valence-corrected chi connectivity index (χ1v) is 7.82. The van der Waals surface area contributed by atoms with Crippen LogP contribution in [0.1, 0.15) is 38.3 Å². The second-order valence-corrected chi connectivity index (χ2v) is 6.02. The maximum atomic E-state index is 5.94. The van der Waals surface area contributed by atoms with Crippen molar-refractivity contribution in [1.82, 2.24) is 0 Å². The molecule has 1 heterocycles. The van der Waals surface area contributed by atoms with E-state index in [1.54, 1.807) is 0 Å². The van der Waals surface area contributed by atoms with Crippen LogP contribution in [0.25, 0.3) is 0 Å².